The predicted molar refractivity (Wildman–Crippen MR) is 83.8 cm³/mol. The van der Waals surface area contributed by atoms with Crippen LogP contribution in [0.1, 0.15) is 32.8 Å². The topological polar surface area (TPSA) is 73.2 Å². The summed E-state index contributed by atoms with van der Waals surface area (Å²) < 4.78 is 41.4. The van der Waals surface area contributed by atoms with Gasteiger partial charge in [-0.15, -0.1) is 0 Å². The maximum Gasteiger partial charge on any atom is 0.279 e. The van der Waals surface area contributed by atoms with Gasteiger partial charge in [0, 0.05) is 25.0 Å². The van der Waals surface area contributed by atoms with Gasteiger partial charge in [-0.25, -0.2) is 9.11 Å². The van der Waals surface area contributed by atoms with Crippen LogP contribution in [0.2, 0.25) is 0 Å². The molecule has 0 aliphatic heterocycles. The molecule has 0 saturated heterocycles. The Balaban J connectivity index is 2.81. The fourth-order valence-corrected chi connectivity index (χ4v) is 3.18. The van der Waals surface area contributed by atoms with E-state index in [2.05, 4.69) is 4.72 Å². The number of hydrogen-bond donors (Lipinski definition) is 1. The molecule has 22 heavy (non-hydrogen) atoms. The normalized spacial score (nSPS) is 13.9. The summed E-state index contributed by atoms with van der Waals surface area (Å²) in [6.45, 7) is 5.47. The molecule has 0 aromatic heterocycles. The molecule has 1 unspecified atom stereocenters. The van der Waals surface area contributed by atoms with Crippen molar-refractivity contribution >= 4 is 10.2 Å². The van der Waals surface area contributed by atoms with Gasteiger partial charge in [-0.1, -0.05) is 26.0 Å². The summed E-state index contributed by atoms with van der Waals surface area (Å²) in [6, 6.07) is 7.64. The molecule has 122 valence electrons. The van der Waals surface area contributed by atoms with Gasteiger partial charge in [-0.05, 0) is 24.6 Å². The van der Waals surface area contributed by atoms with E-state index in [0.29, 0.717) is 5.56 Å². The second kappa shape index (κ2) is 7.18. The van der Waals surface area contributed by atoms with Crippen LogP contribution in [0.25, 0.3) is 0 Å². The Labute approximate surface area is 131 Å². The van der Waals surface area contributed by atoms with Gasteiger partial charge in [0.05, 0.1) is 12.5 Å². The Morgan fingerprint density at radius 2 is 2.09 bits per heavy atom. The van der Waals surface area contributed by atoms with E-state index in [9.17, 15) is 12.8 Å². The number of benzene rings is 1. The Bertz CT molecular complexity index is 653. The fourth-order valence-electron chi connectivity index (χ4n) is 1.88. The molecule has 0 saturated carbocycles. The molecule has 0 fully saturated rings. The lowest BCUT2D eigenvalue weighted by Gasteiger charge is -2.28. The minimum atomic E-state index is -3.69. The van der Waals surface area contributed by atoms with Gasteiger partial charge in [0.25, 0.3) is 10.2 Å². The number of hydrogen-bond acceptors (Lipinski definition) is 3. The molecule has 1 rings (SSSR count). The molecule has 0 amide bonds. The molecular formula is C15H22FN3O2S. The first-order chi connectivity index (χ1) is 10.1. The number of halogens is 1. The Hall–Kier alpha value is -1.49. The van der Waals surface area contributed by atoms with Crippen LogP contribution in [0.4, 0.5) is 4.39 Å². The number of rotatable bonds is 7. The molecule has 0 bridgehead atoms. The summed E-state index contributed by atoms with van der Waals surface area (Å²) in [5, 5.41) is 8.66. The highest BCUT2D eigenvalue weighted by Crippen LogP contribution is 2.23. The van der Waals surface area contributed by atoms with Crippen molar-refractivity contribution in [3.8, 4) is 6.07 Å². The molecule has 0 radical (unpaired) electrons. The van der Waals surface area contributed by atoms with E-state index in [1.54, 1.807) is 19.1 Å². The van der Waals surface area contributed by atoms with E-state index in [-0.39, 0.29) is 18.8 Å². The summed E-state index contributed by atoms with van der Waals surface area (Å²) in [5.74, 6) is -0.354. The molecule has 1 atom stereocenters. The van der Waals surface area contributed by atoms with E-state index < -0.39 is 21.7 Å². The van der Waals surface area contributed by atoms with Crippen LogP contribution in [-0.4, -0.2) is 32.4 Å². The van der Waals surface area contributed by atoms with Crippen molar-refractivity contribution in [3.63, 3.8) is 0 Å². The quantitative estimate of drug-likeness (QED) is 0.834. The zero-order valence-electron chi connectivity index (χ0n) is 13.3. The minimum Gasteiger partial charge on any atom is -0.207 e. The van der Waals surface area contributed by atoms with Crippen molar-refractivity contribution in [1.82, 2.24) is 9.03 Å². The first-order valence-corrected chi connectivity index (χ1v) is 8.40. The van der Waals surface area contributed by atoms with Gasteiger partial charge in [0.15, 0.2) is 0 Å². The molecule has 0 spiro atoms. The summed E-state index contributed by atoms with van der Waals surface area (Å²) in [4.78, 5) is 0. The zero-order valence-corrected chi connectivity index (χ0v) is 14.1. The lowest BCUT2D eigenvalue weighted by Crippen LogP contribution is -2.46. The van der Waals surface area contributed by atoms with Crippen LogP contribution >= 0.6 is 0 Å². The lowest BCUT2D eigenvalue weighted by molar-refractivity contribution is 0.380. The molecule has 5 nitrogen and oxygen atoms in total. The molecule has 1 aromatic carbocycles. The van der Waals surface area contributed by atoms with Crippen LogP contribution in [0.5, 0.6) is 0 Å². The lowest BCUT2D eigenvalue weighted by atomic mass is 9.85. The SMILES string of the molecule is CC(CC#N)N(C)S(=O)(=O)NCC(C)(C)c1cccc(F)c1. The second-order valence-electron chi connectivity index (χ2n) is 5.95. The molecule has 1 aromatic rings. The maximum absolute atomic E-state index is 13.3. The van der Waals surface area contributed by atoms with E-state index in [1.165, 1.54) is 19.2 Å². The molecule has 0 heterocycles. The van der Waals surface area contributed by atoms with Crippen molar-refractivity contribution < 1.29 is 12.8 Å². The van der Waals surface area contributed by atoms with Gasteiger partial charge < -0.3 is 0 Å². The van der Waals surface area contributed by atoms with Gasteiger partial charge in [0.1, 0.15) is 5.82 Å². The van der Waals surface area contributed by atoms with E-state index in [4.69, 9.17) is 5.26 Å². The second-order valence-corrected chi connectivity index (χ2v) is 7.76. The van der Waals surface area contributed by atoms with Gasteiger partial charge in [-0.3, -0.25) is 0 Å². The molecule has 1 N–H and O–H groups in total. The van der Waals surface area contributed by atoms with Crippen molar-refractivity contribution in [3.05, 3.63) is 35.6 Å². The van der Waals surface area contributed by atoms with E-state index in [0.717, 1.165) is 4.31 Å². The minimum absolute atomic E-state index is 0.116. The summed E-state index contributed by atoms with van der Waals surface area (Å²) in [6.07, 6.45) is 0.116. The highest BCUT2D eigenvalue weighted by Gasteiger charge is 2.27. The monoisotopic (exact) mass is 327 g/mol. The number of nitriles is 1. The summed E-state index contributed by atoms with van der Waals surface area (Å²) >= 11 is 0. The molecule has 7 heteroatoms. The summed E-state index contributed by atoms with van der Waals surface area (Å²) in [7, 11) is -2.26. The van der Waals surface area contributed by atoms with Gasteiger partial charge >= 0.3 is 0 Å². The number of nitrogens with zero attached hydrogens (tertiary/aromatic N) is 2. The predicted octanol–water partition coefficient (Wildman–Crippen LogP) is 2.17. The standard InChI is InChI=1S/C15H22FN3O2S/c1-12(8-9-17)19(4)22(20,21)18-11-15(2,3)13-6-5-7-14(16)10-13/h5-7,10,12,18H,8,11H2,1-4H3. The number of nitrogens with one attached hydrogen (secondary N) is 1. The van der Waals surface area contributed by atoms with Gasteiger partial charge in [-0.2, -0.15) is 18.0 Å². The van der Waals surface area contributed by atoms with Crippen molar-refractivity contribution in [1.29, 1.82) is 5.26 Å². The van der Waals surface area contributed by atoms with Crippen molar-refractivity contribution in [2.75, 3.05) is 13.6 Å². The molecular weight excluding hydrogens is 305 g/mol. The average Bonchev–Trinajstić information content (AvgIpc) is 2.45. The van der Waals surface area contributed by atoms with Crippen LogP contribution in [-0.2, 0) is 15.6 Å². The molecule has 0 aliphatic rings. The summed E-state index contributed by atoms with van der Waals surface area (Å²) in [5.41, 5.74) is 0.150. The van der Waals surface area contributed by atoms with Crippen molar-refractivity contribution in [2.24, 2.45) is 0 Å². The highest BCUT2D eigenvalue weighted by atomic mass is 32.2. The van der Waals surface area contributed by atoms with E-state index >= 15 is 0 Å². The molecule has 0 aliphatic carbocycles. The largest absolute Gasteiger partial charge is 0.279 e. The third-order valence-corrected chi connectivity index (χ3v) is 5.32. The van der Waals surface area contributed by atoms with Crippen LogP contribution < -0.4 is 4.72 Å². The first kappa shape index (κ1) is 18.6. The zero-order chi connectivity index (χ0) is 17.0. The third kappa shape index (κ3) is 4.77. The Morgan fingerprint density at radius 1 is 1.45 bits per heavy atom. The average molecular weight is 327 g/mol. The van der Waals surface area contributed by atoms with Gasteiger partial charge in [0.2, 0.25) is 0 Å². The smallest absolute Gasteiger partial charge is 0.207 e. The van der Waals surface area contributed by atoms with Crippen LogP contribution in [0, 0.1) is 17.1 Å². The third-order valence-electron chi connectivity index (χ3n) is 3.69. The van der Waals surface area contributed by atoms with Crippen molar-refractivity contribution in [2.45, 2.75) is 38.6 Å². The van der Waals surface area contributed by atoms with Crippen LogP contribution in [0.15, 0.2) is 24.3 Å². The first-order valence-electron chi connectivity index (χ1n) is 6.96. The van der Waals surface area contributed by atoms with Crippen LogP contribution in [0.3, 0.4) is 0 Å². The van der Waals surface area contributed by atoms with E-state index in [1.807, 2.05) is 19.9 Å². The highest BCUT2D eigenvalue weighted by molar-refractivity contribution is 7.87. The maximum atomic E-state index is 13.3. The Kier molecular flexibility index (Phi) is 6.06. The Morgan fingerprint density at radius 3 is 2.64 bits per heavy atom. The fraction of sp³-hybridized carbons (Fsp3) is 0.533.